The SMILES string of the molecule is CCCCNC(=O)C(C)N(Cc1ccc(Cl)cc1)C(=O)CN(c1ccc(C(C)(C)C)cc1)S(C)(=O)=O. The second-order valence-corrected chi connectivity index (χ2v) is 12.4. The number of sulfonamides is 1. The molecule has 0 bridgehead atoms. The predicted molar refractivity (Wildman–Crippen MR) is 147 cm³/mol. The average Bonchev–Trinajstić information content (AvgIpc) is 2.80. The highest BCUT2D eigenvalue weighted by Gasteiger charge is 2.30. The molecule has 9 heteroatoms. The zero-order valence-corrected chi connectivity index (χ0v) is 23.6. The van der Waals surface area contributed by atoms with Gasteiger partial charge in [-0.1, -0.05) is 70.0 Å². The highest BCUT2D eigenvalue weighted by Crippen LogP contribution is 2.26. The number of rotatable bonds is 11. The summed E-state index contributed by atoms with van der Waals surface area (Å²) in [6, 6.07) is 13.3. The van der Waals surface area contributed by atoms with Crippen LogP contribution in [-0.4, -0.2) is 50.5 Å². The summed E-state index contributed by atoms with van der Waals surface area (Å²) in [6.45, 7) is 10.1. The second kappa shape index (κ2) is 12.6. The Morgan fingerprint density at radius 2 is 1.61 bits per heavy atom. The molecule has 0 radical (unpaired) electrons. The molecule has 0 fully saturated rings. The van der Waals surface area contributed by atoms with Crippen molar-refractivity contribution in [2.45, 2.75) is 65.5 Å². The first-order valence-electron chi connectivity index (χ1n) is 12.1. The van der Waals surface area contributed by atoms with E-state index < -0.39 is 28.5 Å². The van der Waals surface area contributed by atoms with Gasteiger partial charge in [0.2, 0.25) is 21.8 Å². The van der Waals surface area contributed by atoms with Gasteiger partial charge >= 0.3 is 0 Å². The van der Waals surface area contributed by atoms with Crippen molar-refractivity contribution in [3.05, 3.63) is 64.7 Å². The molecule has 2 amide bonds. The Hall–Kier alpha value is -2.58. The molecule has 2 rings (SSSR count). The smallest absolute Gasteiger partial charge is 0.244 e. The zero-order chi connectivity index (χ0) is 27.1. The third-order valence-electron chi connectivity index (χ3n) is 5.96. The standard InChI is InChI=1S/C27H38ClN3O4S/c1-7-8-17-29-26(33)20(2)30(18-21-9-13-23(28)14-10-21)25(32)19-31(36(6,34)35)24-15-11-22(12-16-24)27(3,4)5/h9-16,20H,7-8,17-19H2,1-6H3,(H,29,33). The number of halogens is 1. The third kappa shape index (κ3) is 8.52. The fourth-order valence-corrected chi connectivity index (χ4v) is 4.62. The van der Waals surface area contributed by atoms with Gasteiger partial charge in [-0.3, -0.25) is 13.9 Å². The van der Waals surface area contributed by atoms with E-state index in [0.29, 0.717) is 17.3 Å². The molecule has 1 N–H and O–H groups in total. The first-order chi connectivity index (χ1) is 16.7. The predicted octanol–water partition coefficient (Wildman–Crippen LogP) is 4.74. The van der Waals surface area contributed by atoms with Crippen molar-refractivity contribution in [1.29, 1.82) is 0 Å². The number of anilines is 1. The maximum absolute atomic E-state index is 13.6. The quantitative estimate of drug-likeness (QED) is 0.421. The van der Waals surface area contributed by atoms with E-state index in [1.165, 1.54) is 4.90 Å². The van der Waals surface area contributed by atoms with Crippen molar-refractivity contribution in [3.8, 4) is 0 Å². The van der Waals surface area contributed by atoms with Crippen molar-refractivity contribution in [3.63, 3.8) is 0 Å². The molecule has 1 atom stereocenters. The Kier molecular flexibility index (Phi) is 10.4. The molecule has 0 spiro atoms. The summed E-state index contributed by atoms with van der Waals surface area (Å²) >= 11 is 6.00. The van der Waals surface area contributed by atoms with Gasteiger partial charge in [-0.2, -0.15) is 0 Å². The van der Waals surface area contributed by atoms with Crippen LogP contribution in [0, 0.1) is 0 Å². The minimum atomic E-state index is -3.77. The third-order valence-corrected chi connectivity index (χ3v) is 7.36. The number of unbranched alkanes of at least 4 members (excludes halogenated alkanes) is 1. The summed E-state index contributed by atoms with van der Waals surface area (Å²) in [5.74, 6) is -0.764. The summed E-state index contributed by atoms with van der Waals surface area (Å²) in [5, 5.41) is 3.42. The van der Waals surface area contributed by atoms with Gasteiger partial charge in [-0.05, 0) is 54.2 Å². The van der Waals surface area contributed by atoms with Crippen LogP contribution in [0.1, 0.15) is 58.6 Å². The second-order valence-electron chi connectivity index (χ2n) is 10.0. The molecule has 36 heavy (non-hydrogen) atoms. The van der Waals surface area contributed by atoms with Crippen LogP contribution in [0.15, 0.2) is 48.5 Å². The van der Waals surface area contributed by atoms with E-state index in [1.54, 1.807) is 43.3 Å². The Morgan fingerprint density at radius 1 is 1.03 bits per heavy atom. The molecular weight excluding hydrogens is 498 g/mol. The van der Waals surface area contributed by atoms with E-state index in [-0.39, 0.29) is 17.9 Å². The number of amides is 2. The van der Waals surface area contributed by atoms with Crippen molar-refractivity contribution >= 4 is 39.1 Å². The number of nitrogens with one attached hydrogen (secondary N) is 1. The number of hydrogen-bond donors (Lipinski definition) is 1. The van der Waals surface area contributed by atoms with Crippen LogP contribution >= 0.6 is 11.6 Å². The van der Waals surface area contributed by atoms with Crippen LogP contribution in [-0.2, 0) is 31.6 Å². The molecule has 1 unspecified atom stereocenters. The lowest BCUT2D eigenvalue weighted by Crippen LogP contribution is -2.51. The van der Waals surface area contributed by atoms with Crippen LogP contribution in [0.25, 0.3) is 0 Å². The summed E-state index contributed by atoms with van der Waals surface area (Å²) in [4.78, 5) is 27.8. The van der Waals surface area contributed by atoms with Crippen LogP contribution in [0.2, 0.25) is 5.02 Å². The van der Waals surface area contributed by atoms with Crippen LogP contribution < -0.4 is 9.62 Å². The molecule has 2 aromatic rings. The summed E-state index contributed by atoms with van der Waals surface area (Å²) < 4.78 is 26.5. The molecule has 7 nitrogen and oxygen atoms in total. The fraction of sp³-hybridized carbons (Fsp3) is 0.481. The summed E-state index contributed by atoms with van der Waals surface area (Å²) in [6.07, 6.45) is 2.83. The van der Waals surface area contributed by atoms with Crippen LogP contribution in [0.3, 0.4) is 0 Å². The summed E-state index contributed by atoms with van der Waals surface area (Å²) in [7, 11) is -3.77. The molecule has 0 heterocycles. The zero-order valence-electron chi connectivity index (χ0n) is 22.0. The van der Waals surface area contributed by atoms with Crippen LogP contribution in [0.5, 0.6) is 0 Å². The Labute approximate surface area is 220 Å². The molecule has 0 saturated carbocycles. The lowest BCUT2D eigenvalue weighted by Gasteiger charge is -2.31. The van der Waals surface area contributed by atoms with Gasteiger partial charge in [0.1, 0.15) is 12.6 Å². The van der Waals surface area contributed by atoms with Crippen molar-refractivity contribution in [1.82, 2.24) is 10.2 Å². The molecule has 0 aliphatic heterocycles. The minimum absolute atomic E-state index is 0.0970. The maximum atomic E-state index is 13.6. The lowest BCUT2D eigenvalue weighted by atomic mass is 9.87. The Bertz CT molecular complexity index is 1130. The van der Waals surface area contributed by atoms with Crippen molar-refractivity contribution in [2.75, 3.05) is 23.7 Å². The van der Waals surface area contributed by atoms with Gasteiger partial charge < -0.3 is 10.2 Å². The fourth-order valence-electron chi connectivity index (χ4n) is 3.65. The van der Waals surface area contributed by atoms with Crippen molar-refractivity contribution in [2.24, 2.45) is 0 Å². The average molecular weight is 536 g/mol. The Balaban J connectivity index is 2.35. The number of hydrogen-bond acceptors (Lipinski definition) is 4. The minimum Gasteiger partial charge on any atom is -0.354 e. The largest absolute Gasteiger partial charge is 0.354 e. The van der Waals surface area contributed by atoms with E-state index in [9.17, 15) is 18.0 Å². The van der Waals surface area contributed by atoms with E-state index in [1.807, 2.05) is 19.1 Å². The highest BCUT2D eigenvalue weighted by atomic mass is 35.5. The van der Waals surface area contributed by atoms with Gasteiger partial charge in [-0.25, -0.2) is 8.42 Å². The van der Waals surface area contributed by atoms with E-state index in [4.69, 9.17) is 11.6 Å². The van der Waals surface area contributed by atoms with Gasteiger partial charge in [-0.15, -0.1) is 0 Å². The number of benzene rings is 2. The number of carbonyl (C=O) groups excluding carboxylic acids is 2. The van der Waals surface area contributed by atoms with Gasteiger partial charge in [0.15, 0.2) is 0 Å². The summed E-state index contributed by atoms with van der Waals surface area (Å²) in [5.41, 5.74) is 2.12. The highest BCUT2D eigenvalue weighted by molar-refractivity contribution is 7.92. The molecule has 0 saturated heterocycles. The lowest BCUT2D eigenvalue weighted by molar-refractivity contribution is -0.139. The topological polar surface area (TPSA) is 86.8 Å². The normalized spacial score (nSPS) is 12.6. The van der Waals surface area contributed by atoms with Gasteiger partial charge in [0.05, 0.1) is 11.9 Å². The Morgan fingerprint density at radius 3 is 2.11 bits per heavy atom. The molecule has 0 aromatic heterocycles. The monoisotopic (exact) mass is 535 g/mol. The molecule has 0 aliphatic carbocycles. The van der Waals surface area contributed by atoms with Gasteiger partial charge in [0.25, 0.3) is 0 Å². The molecule has 2 aromatic carbocycles. The number of carbonyl (C=O) groups is 2. The van der Waals surface area contributed by atoms with Gasteiger partial charge in [0, 0.05) is 18.1 Å². The van der Waals surface area contributed by atoms with E-state index in [2.05, 4.69) is 26.1 Å². The molecular formula is C27H38ClN3O4S. The van der Waals surface area contributed by atoms with Crippen LogP contribution in [0.4, 0.5) is 5.69 Å². The van der Waals surface area contributed by atoms with E-state index in [0.717, 1.165) is 34.5 Å². The first kappa shape index (κ1) is 29.6. The number of nitrogens with zero attached hydrogens (tertiary/aromatic N) is 2. The molecule has 198 valence electrons. The first-order valence-corrected chi connectivity index (χ1v) is 14.4. The molecule has 0 aliphatic rings. The van der Waals surface area contributed by atoms with E-state index >= 15 is 0 Å². The maximum Gasteiger partial charge on any atom is 0.244 e. The van der Waals surface area contributed by atoms with Crippen molar-refractivity contribution < 1.29 is 18.0 Å².